The van der Waals surface area contributed by atoms with E-state index in [2.05, 4.69) is 22.3 Å². The molecule has 0 saturated carbocycles. The Labute approximate surface area is 190 Å². The first-order valence-electron chi connectivity index (χ1n) is 11.1. The van der Waals surface area contributed by atoms with Crippen LogP contribution in [0.3, 0.4) is 0 Å². The number of fused-ring (bicyclic) bond motifs is 1. The van der Waals surface area contributed by atoms with Crippen LogP contribution < -0.4 is 14.4 Å². The van der Waals surface area contributed by atoms with Crippen LogP contribution in [0, 0.1) is 6.92 Å². The highest BCUT2D eigenvalue weighted by Gasteiger charge is 2.35. The monoisotopic (exact) mass is 457 g/mol. The fraction of sp³-hybridized carbons (Fsp3) is 0.458. The van der Waals surface area contributed by atoms with Gasteiger partial charge < -0.3 is 10.1 Å². The molecule has 2 aliphatic rings. The van der Waals surface area contributed by atoms with Crippen molar-refractivity contribution in [3.05, 3.63) is 59.2 Å². The molecule has 1 saturated heterocycles. The summed E-state index contributed by atoms with van der Waals surface area (Å²) in [5.74, 6) is 0.0811. The maximum Gasteiger partial charge on any atom is 0.263 e. The number of nitrogens with zero attached hydrogens (tertiary/aromatic N) is 2. The van der Waals surface area contributed by atoms with Crippen molar-refractivity contribution in [3.8, 4) is 5.75 Å². The Bertz CT molecular complexity index is 1080. The highest BCUT2D eigenvalue weighted by Crippen LogP contribution is 2.35. The maximum atomic E-state index is 12.9. The molecule has 2 aromatic rings. The second-order valence-corrected chi connectivity index (χ2v) is 10.7. The van der Waals surface area contributed by atoms with Crippen LogP contribution in [0.15, 0.2) is 42.5 Å². The fourth-order valence-electron chi connectivity index (χ4n) is 4.33. The Morgan fingerprint density at radius 1 is 1.09 bits per heavy atom. The Kier molecular flexibility index (Phi) is 6.71. The minimum Gasteiger partial charge on any atom is -0.476 e. The lowest BCUT2D eigenvalue weighted by Gasteiger charge is -2.34. The van der Waals surface area contributed by atoms with E-state index in [0.29, 0.717) is 18.0 Å². The van der Waals surface area contributed by atoms with Gasteiger partial charge in [-0.05, 0) is 61.7 Å². The summed E-state index contributed by atoms with van der Waals surface area (Å²) in [5, 5.41) is 2.92. The molecule has 1 atom stereocenters. The smallest absolute Gasteiger partial charge is 0.263 e. The number of anilines is 1. The van der Waals surface area contributed by atoms with Crippen molar-refractivity contribution in [1.29, 1.82) is 0 Å². The molecule has 1 fully saturated rings. The van der Waals surface area contributed by atoms with Crippen molar-refractivity contribution < 1.29 is 17.9 Å². The zero-order valence-corrected chi connectivity index (χ0v) is 19.5. The minimum absolute atomic E-state index is 0.0459. The van der Waals surface area contributed by atoms with Crippen LogP contribution in [0.2, 0.25) is 0 Å². The number of sulfonamides is 1. The lowest BCUT2D eigenvalue weighted by molar-refractivity contribution is -0.127. The van der Waals surface area contributed by atoms with E-state index in [0.717, 1.165) is 37.0 Å². The van der Waals surface area contributed by atoms with Crippen molar-refractivity contribution in [2.75, 3.05) is 30.2 Å². The molecule has 172 valence electrons. The Morgan fingerprint density at radius 3 is 2.59 bits per heavy atom. The van der Waals surface area contributed by atoms with Crippen molar-refractivity contribution in [1.82, 2.24) is 10.2 Å². The summed E-state index contributed by atoms with van der Waals surface area (Å²) < 4.78 is 31.8. The zero-order chi connectivity index (χ0) is 22.7. The van der Waals surface area contributed by atoms with Gasteiger partial charge in [0.05, 0.1) is 18.5 Å². The third kappa shape index (κ3) is 5.42. The predicted molar refractivity (Wildman–Crippen MR) is 125 cm³/mol. The minimum atomic E-state index is -3.54. The first-order chi connectivity index (χ1) is 15.3. The van der Waals surface area contributed by atoms with Crippen LogP contribution >= 0.6 is 0 Å². The second kappa shape index (κ2) is 9.50. The van der Waals surface area contributed by atoms with Crippen LogP contribution in [0.4, 0.5) is 5.69 Å². The van der Waals surface area contributed by atoms with Crippen LogP contribution in [-0.4, -0.2) is 51.2 Å². The number of ether oxygens (including phenoxy) is 1. The molecule has 2 aliphatic heterocycles. The number of amides is 1. The summed E-state index contributed by atoms with van der Waals surface area (Å²) in [6, 6.07) is 13.6. The number of hydrogen-bond acceptors (Lipinski definition) is 5. The average molecular weight is 458 g/mol. The Hall–Kier alpha value is -2.58. The lowest BCUT2D eigenvalue weighted by Crippen LogP contribution is -2.50. The topological polar surface area (TPSA) is 79.0 Å². The number of likely N-dealkylation sites (tertiary alicyclic amines) is 1. The molecule has 0 radical (unpaired) electrons. The first kappa shape index (κ1) is 22.6. The van der Waals surface area contributed by atoms with E-state index in [1.54, 1.807) is 12.1 Å². The third-order valence-corrected chi connectivity index (χ3v) is 7.14. The third-order valence-electron chi connectivity index (χ3n) is 5.99. The number of carbonyl (C=O) groups is 1. The molecule has 2 aromatic carbocycles. The summed E-state index contributed by atoms with van der Waals surface area (Å²) >= 11 is 0. The van der Waals surface area contributed by atoms with Crippen molar-refractivity contribution in [2.24, 2.45) is 0 Å². The van der Waals surface area contributed by atoms with E-state index in [9.17, 15) is 13.2 Å². The van der Waals surface area contributed by atoms with Gasteiger partial charge in [-0.15, -0.1) is 0 Å². The van der Waals surface area contributed by atoms with Gasteiger partial charge in [0.2, 0.25) is 10.0 Å². The molecule has 7 nitrogen and oxygen atoms in total. The van der Waals surface area contributed by atoms with Gasteiger partial charge in [-0.25, -0.2) is 8.42 Å². The first-order valence-corrected chi connectivity index (χ1v) is 13.0. The lowest BCUT2D eigenvalue weighted by atomic mass is 10.1. The van der Waals surface area contributed by atoms with Crippen molar-refractivity contribution in [2.45, 2.75) is 45.4 Å². The van der Waals surface area contributed by atoms with Crippen LogP contribution in [-0.2, 0) is 27.9 Å². The van der Waals surface area contributed by atoms with Gasteiger partial charge in [-0.1, -0.05) is 36.8 Å². The zero-order valence-electron chi connectivity index (χ0n) is 18.7. The molecule has 1 N–H and O–H groups in total. The number of aryl methyl sites for hydroxylation is 1. The molecule has 8 heteroatoms. The molecule has 4 rings (SSSR count). The van der Waals surface area contributed by atoms with E-state index in [1.807, 2.05) is 25.1 Å². The highest BCUT2D eigenvalue weighted by atomic mass is 32.2. The summed E-state index contributed by atoms with van der Waals surface area (Å²) in [7, 11) is -3.54. The molecule has 0 aromatic heterocycles. The van der Waals surface area contributed by atoms with Gasteiger partial charge >= 0.3 is 0 Å². The Balaban J connectivity index is 1.41. The summed E-state index contributed by atoms with van der Waals surface area (Å²) in [5.41, 5.74) is 3.65. The molecule has 32 heavy (non-hydrogen) atoms. The number of piperidine rings is 1. The number of benzene rings is 2. The van der Waals surface area contributed by atoms with E-state index in [4.69, 9.17) is 4.74 Å². The molecular formula is C24H31N3O4S. The molecule has 0 aliphatic carbocycles. The van der Waals surface area contributed by atoms with Gasteiger partial charge in [0.25, 0.3) is 5.91 Å². The highest BCUT2D eigenvalue weighted by molar-refractivity contribution is 7.92. The van der Waals surface area contributed by atoms with E-state index in [-0.39, 0.29) is 12.5 Å². The molecule has 0 unspecified atom stereocenters. The number of nitrogens with one attached hydrogen (secondary N) is 1. The van der Waals surface area contributed by atoms with E-state index in [1.165, 1.54) is 29.1 Å². The van der Waals surface area contributed by atoms with Gasteiger partial charge in [-0.3, -0.25) is 14.0 Å². The number of carbonyl (C=O) groups excluding carboxylic acids is 1. The summed E-state index contributed by atoms with van der Waals surface area (Å²) in [6.45, 7) is 5.42. The van der Waals surface area contributed by atoms with Crippen LogP contribution in [0.5, 0.6) is 5.75 Å². The van der Waals surface area contributed by atoms with Crippen molar-refractivity contribution in [3.63, 3.8) is 0 Å². The Morgan fingerprint density at radius 2 is 1.84 bits per heavy atom. The number of hydrogen-bond donors (Lipinski definition) is 1. The van der Waals surface area contributed by atoms with Gasteiger partial charge in [0.1, 0.15) is 5.75 Å². The van der Waals surface area contributed by atoms with Gasteiger partial charge in [-0.2, -0.15) is 0 Å². The van der Waals surface area contributed by atoms with Gasteiger partial charge in [0.15, 0.2) is 6.10 Å². The summed E-state index contributed by atoms with van der Waals surface area (Å²) in [4.78, 5) is 15.3. The predicted octanol–water partition coefficient (Wildman–Crippen LogP) is 2.82. The average Bonchev–Trinajstić information content (AvgIpc) is 2.77. The fourth-order valence-corrected chi connectivity index (χ4v) is 5.24. The normalized spacial score (nSPS) is 19.2. The van der Waals surface area contributed by atoms with Crippen LogP contribution in [0.1, 0.15) is 36.0 Å². The molecular weight excluding hydrogens is 426 g/mol. The van der Waals surface area contributed by atoms with E-state index < -0.39 is 16.1 Å². The molecule has 2 heterocycles. The maximum absolute atomic E-state index is 12.9. The quantitative estimate of drug-likeness (QED) is 0.722. The molecule has 1 amide bonds. The van der Waals surface area contributed by atoms with Crippen molar-refractivity contribution >= 4 is 21.6 Å². The standard InChI is InChI=1S/C24H31N3O4S/c1-18-9-10-21-22(13-18)31-23(17-27(21)32(2,29)30)24(28)25-15-19-7-6-8-20(14-19)16-26-11-4-3-5-12-26/h6-10,13-14,23H,3-5,11-12,15-17H2,1-2H3,(H,25,28)/t23-/m0/s1. The second-order valence-electron chi connectivity index (χ2n) is 8.75. The molecule has 0 spiro atoms. The van der Waals surface area contributed by atoms with Crippen LogP contribution in [0.25, 0.3) is 0 Å². The van der Waals surface area contributed by atoms with E-state index >= 15 is 0 Å². The molecule has 0 bridgehead atoms. The largest absolute Gasteiger partial charge is 0.476 e. The SMILES string of the molecule is Cc1ccc2c(c1)O[C@H](C(=O)NCc1cccc(CN3CCCCC3)c1)CN2S(C)(=O)=O. The van der Waals surface area contributed by atoms with Gasteiger partial charge in [0, 0.05) is 13.1 Å². The number of rotatable bonds is 6. The summed E-state index contributed by atoms with van der Waals surface area (Å²) in [6.07, 6.45) is 4.06.